The second-order valence-corrected chi connectivity index (χ2v) is 6.86. The molecular formula is C16H24N2O2S. The lowest BCUT2D eigenvalue weighted by Gasteiger charge is -2.19. The lowest BCUT2D eigenvalue weighted by Crippen LogP contribution is -2.33. The Morgan fingerprint density at radius 3 is 2.62 bits per heavy atom. The van der Waals surface area contributed by atoms with Gasteiger partial charge in [-0.3, -0.25) is 0 Å². The fraction of sp³-hybridized carbons (Fsp3) is 0.500. The highest BCUT2D eigenvalue weighted by atomic mass is 32.2. The van der Waals surface area contributed by atoms with Crippen LogP contribution in [0.15, 0.2) is 24.3 Å². The van der Waals surface area contributed by atoms with E-state index in [1.54, 1.807) is 0 Å². The first-order valence-corrected chi connectivity index (χ1v) is 8.84. The molecule has 0 aromatic heterocycles. The molecule has 0 radical (unpaired) electrons. The lowest BCUT2D eigenvalue weighted by atomic mass is 10.1. The van der Waals surface area contributed by atoms with E-state index in [9.17, 15) is 8.42 Å². The van der Waals surface area contributed by atoms with E-state index in [1.165, 1.54) is 4.31 Å². The van der Waals surface area contributed by atoms with E-state index in [-0.39, 0.29) is 12.3 Å². The molecule has 0 spiro atoms. The van der Waals surface area contributed by atoms with Crippen LogP contribution < -0.4 is 5.32 Å². The van der Waals surface area contributed by atoms with Crippen molar-refractivity contribution in [2.24, 2.45) is 0 Å². The molecule has 0 atom stereocenters. The van der Waals surface area contributed by atoms with E-state index in [4.69, 9.17) is 6.42 Å². The molecule has 0 aliphatic rings. The summed E-state index contributed by atoms with van der Waals surface area (Å²) in [5.41, 5.74) is 1.88. The van der Waals surface area contributed by atoms with Crippen molar-refractivity contribution in [3.8, 4) is 12.3 Å². The Hall–Kier alpha value is -1.35. The number of hydrogen-bond donors (Lipinski definition) is 1. The molecule has 1 aromatic carbocycles. The van der Waals surface area contributed by atoms with Crippen LogP contribution in [0.4, 0.5) is 0 Å². The molecule has 0 saturated carbocycles. The molecule has 0 aliphatic carbocycles. The highest BCUT2D eigenvalue weighted by Crippen LogP contribution is 2.13. The summed E-state index contributed by atoms with van der Waals surface area (Å²) in [7, 11) is -3.37. The minimum atomic E-state index is -3.37. The summed E-state index contributed by atoms with van der Waals surface area (Å²) in [5.74, 6) is 2.42. The molecule has 5 heteroatoms. The van der Waals surface area contributed by atoms with Crippen LogP contribution >= 0.6 is 0 Å². The van der Waals surface area contributed by atoms with Gasteiger partial charge in [-0.2, -0.15) is 4.31 Å². The Balaban J connectivity index is 2.85. The predicted octanol–water partition coefficient (Wildman–Crippen LogP) is 1.97. The van der Waals surface area contributed by atoms with E-state index >= 15 is 0 Å². The van der Waals surface area contributed by atoms with Crippen molar-refractivity contribution in [2.45, 2.75) is 32.6 Å². The third-order valence-corrected chi connectivity index (χ3v) is 4.85. The van der Waals surface area contributed by atoms with E-state index in [0.717, 1.165) is 30.6 Å². The van der Waals surface area contributed by atoms with Crippen molar-refractivity contribution in [1.82, 2.24) is 9.62 Å². The molecule has 1 N–H and O–H groups in total. The highest BCUT2D eigenvalue weighted by molar-refractivity contribution is 7.88. The van der Waals surface area contributed by atoms with Gasteiger partial charge in [0.1, 0.15) is 0 Å². The van der Waals surface area contributed by atoms with Gasteiger partial charge in [-0.15, -0.1) is 6.42 Å². The highest BCUT2D eigenvalue weighted by Gasteiger charge is 2.20. The first-order valence-electron chi connectivity index (χ1n) is 7.23. The van der Waals surface area contributed by atoms with Crippen molar-refractivity contribution < 1.29 is 8.42 Å². The maximum atomic E-state index is 12.4. The van der Waals surface area contributed by atoms with Gasteiger partial charge in [-0.1, -0.05) is 44.0 Å². The molecule has 0 aliphatic heterocycles. The van der Waals surface area contributed by atoms with Crippen LogP contribution in [0.3, 0.4) is 0 Å². The monoisotopic (exact) mass is 308 g/mol. The molecule has 0 fully saturated rings. The summed E-state index contributed by atoms with van der Waals surface area (Å²) in [5, 5.41) is 3.23. The average molecular weight is 308 g/mol. The largest absolute Gasteiger partial charge is 0.313 e. The SMILES string of the molecule is C#CCN(CCC)S(=O)(=O)Cc1cccc(CNCC)c1. The maximum Gasteiger partial charge on any atom is 0.219 e. The molecule has 0 bridgehead atoms. The van der Waals surface area contributed by atoms with E-state index in [1.807, 2.05) is 38.1 Å². The minimum absolute atomic E-state index is 0.00531. The number of nitrogens with one attached hydrogen (secondary N) is 1. The molecule has 0 unspecified atom stereocenters. The number of benzene rings is 1. The fourth-order valence-electron chi connectivity index (χ4n) is 2.07. The van der Waals surface area contributed by atoms with Gasteiger partial charge in [0.25, 0.3) is 0 Å². The summed E-state index contributed by atoms with van der Waals surface area (Å²) in [6.07, 6.45) is 6.02. The Bertz CT molecular complexity index is 576. The second-order valence-electron chi connectivity index (χ2n) is 4.89. The van der Waals surface area contributed by atoms with Gasteiger partial charge in [0.05, 0.1) is 12.3 Å². The van der Waals surface area contributed by atoms with Crippen molar-refractivity contribution in [3.05, 3.63) is 35.4 Å². The van der Waals surface area contributed by atoms with Crippen molar-refractivity contribution in [2.75, 3.05) is 19.6 Å². The molecule has 0 saturated heterocycles. The zero-order valence-corrected chi connectivity index (χ0v) is 13.6. The Morgan fingerprint density at radius 1 is 1.29 bits per heavy atom. The van der Waals surface area contributed by atoms with Crippen LogP contribution in [0.5, 0.6) is 0 Å². The topological polar surface area (TPSA) is 49.4 Å². The standard InChI is InChI=1S/C16H24N2O2S/c1-4-10-18(11-5-2)21(19,20)14-16-9-7-8-15(12-16)13-17-6-3/h1,7-9,12,17H,5-6,10-11,13-14H2,2-3H3. The summed E-state index contributed by atoms with van der Waals surface area (Å²) in [6, 6.07) is 7.65. The van der Waals surface area contributed by atoms with Crippen molar-refractivity contribution in [3.63, 3.8) is 0 Å². The molecule has 21 heavy (non-hydrogen) atoms. The molecular weight excluding hydrogens is 284 g/mol. The first-order chi connectivity index (χ1) is 10.0. The van der Waals surface area contributed by atoms with E-state index in [0.29, 0.717) is 6.54 Å². The Labute approximate surface area is 128 Å². The number of sulfonamides is 1. The number of rotatable bonds is 9. The quantitative estimate of drug-likeness (QED) is 0.710. The fourth-order valence-corrected chi connectivity index (χ4v) is 3.58. The molecule has 116 valence electrons. The smallest absolute Gasteiger partial charge is 0.219 e. The summed E-state index contributed by atoms with van der Waals surface area (Å²) in [6.45, 7) is 6.20. The summed E-state index contributed by atoms with van der Waals surface area (Å²) >= 11 is 0. The molecule has 0 amide bonds. The molecule has 4 nitrogen and oxygen atoms in total. The van der Waals surface area contributed by atoms with Crippen LogP contribution in [0.1, 0.15) is 31.4 Å². The van der Waals surface area contributed by atoms with Gasteiger partial charge in [-0.05, 0) is 24.1 Å². The Kier molecular flexibility index (Phi) is 7.44. The van der Waals surface area contributed by atoms with Crippen LogP contribution in [0.25, 0.3) is 0 Å². The van der Waals surface area contributed by atoms with E-state index < -0.39 is 10.0 Å². The van der Waals surface area contributed by atoms with Crippen molar-refractivity contribution >= 4 is 10.0 Å². The van der Waals surface area contributed by atoms with Crippen LogP contribution in [-0.4, -0.2) is 32.4 Å². The van der Waals surface area contributed by atoms with Gasteiger partial charge in [0.2, 0.25) is 10.0 Å². The zero-order valence-electron chi connectivity index (χ0n) is 12.8. The summed E-state index contributed by atoms with van der Waals surface area (Å²) < 4.78 is 26.2. The minimum Gasteiger partial charge on any atom is -0.313 e. The normalized spacial score (nSPS) is 11.5. The van der Waals surface area contributed by atoms with Gasteiger partial charge in [0.15, 0.2) is 0 Å². The van der Waals surface area contributed by atoms with Crippen LogP contribution in [0.2, 0.25) is 0 Å². The zero-order chi connectivity index (χ0) is 15.7. The summed E-state index contributed by atoms with van der Waals surface area (Å²) in [4.78, 5) is 0. The van der Waals surface area contributed by atoms with Crippen LogP contribution in [0, 0.1) is 12.3 Å². The first kappa shape index (κ1) is 17.7. The number of nitrogens with zero attached hydrogens (tertiary/aromatic N) is 1. The van der Waals surface area contributed by atoms with Gasteiger partial charge >= 0.3 is 0 Å². The average Bonchev–Trinajstić information content (AvgIpc) is 2.45. The van der Waals surface area contributed by atoms with Gasteiger partial charge in [-0.25, -0.2) is 8.42 Å². The maximum absolute atomic E-state index is 12.4. The third kappa shape index (κ3) is 5.88. The second kappa shape index (κ2) is 8.83. The number of hydrogen-bond acceptors (Lipinski definition) is 3. The van der Waals surface area contributed by atoms with Crippen LogP contribution in [-0.2, 0) is 22.3 Å². The Morgan fingerprint density at radius 2 is 2.00 bits per heavy atom. The van der Waals surface area contributed by atoms with Crippen molar-refractivity contribution in [1.29, 1.82) is 0 Å². The van der Waals surface area contributed by atoms with Gasteiger partial charge < -0.3 is 5.32 Å². The predicted molar refractivity (Wildman–Crippen MR) is 87.1 cm³/mol. The molecule has 1 aromatic rings. The van der Waals surface area contributed by atoms with Gasteiger partial charge in [0, 0.05) is 13.1 Å². The lowest BCUT2D eigenvalue weighted by molar-refractivity contribution is 0.445. The molecule has 0 heterocycles. The molecule has 1 rings (SSSR count). The number of terminal acetylenes is 1. The van der Waals surface area contributed by atoms with E-state index in [2.05, 4.69) is 11.2 Å². The third-order valence-electron chi connectivity index (χ3n) is 3.05.